The number of carbonyl (C=O) groups excluding carboxylic acids is 1. The second-order valence-corrected chi connectivity index (χ2v) is 6.86. The molecule has 0 radical (unpaired) electrons. The zero-order valence-electron chi connectivity index (χ0n) is 13.8. The molecule has 0 spiro atoms. The summed E-state index contributed by atoms with van der Waals surface area (Å²) in [6, 6.07) is 4.43. The third-order valence-corrected chi connectivity index (χ3v) is 3.74. The van der Waals surface area contributed by atoms with Gasteiger partial charge in [-0.15, -0.1) is 0 Å². The molecule has 0 aromatic carbocycles. The number of carbonyl (C=O) groups is 1. The molecule has 0 aliphatic carbocycles. The Morgan fingerprint density at radius 1 is 1.45 bits per heavy atom. The van der Waals surface area contributed by atoms with Crippen molar-refractivity contribution in [1.82, 2.24) is 15.2 Å². The van der Waals surface area contributed by atoms with E-state index in [1.54, 1.807) is 6.20 Å². The molecule has 1 aliphatic rings. The van der Waals surface area contributed by atoms with Gasteiger partial charge < -0.3 is 10.1 Å². The van der Waals surface area contributed by atoms with Crippen LogP contribution < -0.4 is 5.32 Å². The first-order valence-corrected chi connectivity index (χ1v) is 8.04. The van der Waals surface area contributed by atoms with E-state index in [-0.39, 0.29) is 6.09 Å². The lowest BCUT2D eigenvalue weighted by atomic mass is 10.0. The van der Waals surface area contributed by atoms with Crippen LogP contribution in [0.25, 0.3) is 0 Å². The third kappa shape index (κ3) is 5.64. The Kier molecular flexibility index (Phi) is 5.77. The van der Waals surface area contributed by atoms with Crippen molar-refractivity contribution in [2.75, 3.05) is 13.1 Å². The van der Waals surface area contributed by atoms with Crippen LogP contribution in [0.15, 0.2) is 24.5 Å². The quantitative estimate of drug-likeness (QED) is 0.929. The van der Waals surface area contributed by atoms with Gasteiger partial charge in [0.2, 0.25) is 0 Å². The number of amides is 1. The topological polar surface area (TPSA) is 54.5 Å². The molecule has 22 heavy (non-hydrogen) atoms. The van der Waals surface area contributed by atoms with E-state index in [9.17, 15) is 4.79 Å². The van der Waals surface area contributed by atoms with Gasteiger partial charge >= 0.3 is 6.09 Å². The van der Waals surface area contributed by atoms with E-state index in [0.29, 0.717) is 12.6 Å². The molecule has 0 bridgehead atoms. The van der Waals surface area contributed by atoms with Crippen molar-refractivity contribution >= 4 is 6.09 Å². The zero-order valence-corrected chi connectivity index (χ0v) is 13.8. The SMILES string of the molecule is CC(C)(C)OC(=O)NC[C@H]1CCCCN1Cc1cccnc1. The molecule has 1 aromatic heterocycles. The van der Waals surface area contributed by atoms with E-state index in [4.69, 9.17) is 4.74 Å². The molecule has 1 N–H and O–H groups in total. The number of ether oxygens (including phenoxy) is 1. The highest BCUT2D eigenvalue weighted by Gasteiger charge is 2.24. The minimum absolute atomic E-state index is 0.334. The summed E-state index contributed by atoms with van der Waals surface area (Å²) in [7, 11) is 0. The average molecular weight is 305 g/mol. The average Bonchev–Trinajstić information content (AvgIpc) is 2.46. The molecule has 1 fully saturated rings. The lowest BCUT2D eigenvalue weighted by Crippen LogP contribution is -2.47. The third-order valence-electron chi connectivity index (χ3n) is 3.74. The molecule has 1 atom stereocenters. The van der Waals surface area contributed by atoms with Gasteiger partial charge in [-0.25, -0.2) is 4.79 Å². The normalized spacial score (nSPS) is 19.7. The van der Waals surface area contributed by atoms with Crippen LogP contribution in [0.1, 0.15) is 45.6 Å². The molecule has 1 saturated heterocycles. The van der Waals surface area contributed by atoms with Gasteiger partial charge in [0.15, 0.2) is 0 Å². The number of nitrogens with one attached hydrogen (secondary N) is 1. The van der Waals surface area contributed by atoms with Crippen molar-refractivity contribution in [2.24, 2.45) is 0 Å². The largest absolute Gasteiger partial charge is 0.444 e. The molecule has 2 heterocycles. The Morgan fingerprint density at radius 2 is 2.27 bits per heavy atom. The summed E-state index contributed by atoms with van der Waals surface area (Å²) in [5.41, 5.74) is 0.762. The standard InChI is InChI=1S/C17H27N3O2/c1-17(2,3)22-16(21)19-12-15-8-4-5-10-20(15)13-14-7-6-9-18-11-14/h6-7,9,11,15H,4-5,8,10,12-13H2,1-3H3,(H,19,21)/t15-/m1/s1. The summed E-state index contributed by atoms with van der Waals surface area (Å²) in [5.74, 6) is 0. The maximum atomic E-state index is 11.8. The fourth-order valence-electron chi connectivity index (χ4n) is 2.74. The molecule has 0 saturated carbocycles. The van der Waals surface area contributed by atoms with Gasteiger partial charge in [0.1, 0.15) is 5.60 Å². The zero-order chi connectivity index (χ0) is 16.0. The number of aromatic nitrogens is 1. The van der Waals surface area contributed by atoms with Gasteiger partial charge in [0.25, 0.3) is 0 Å². The molecule has 5 nitrogen and oxygen atoms in total. The Labute approximate surface area is 133 Å². The van der Waals surface area contributed by atoms with Crippen molar-refractivity contribution in [3.8, 4) is 0 Å². The summed E-state index contributed by atoms with van der Waals surface area (Å²) in [4.78, 5) is 18.4. The molecular weight excluding hydrogens is 278 g/mol. The van der Waals surface area contributed by atoms with Crippen LogP contribution in [-0.4, -0.2) is 40.7 Å². The van der Waals surface area contributed by atoms with Crippen LogP contribution in [0, 0.1) is 0 Å². The number of likely N-dealkylation sites (tertiary alicyclic amines) is 1. The first-order valence-electron chi connectivity index (χ1n) is 8.04. The minimum atomic E-state index is -0.452. The molecule has 122 valence electrons. The van der Waals surface area contributed by atoms with Crippen molar-refractivity contribution in [2.45, 2.75) is 58.2 Å². The summed E-state index contributed by atoms with van der Waals surface area (Å²) in [6.07, 6.45) is 6.90. The van der Waals surface area contributed by atoms with Crippen molar-refractivity contribution in [3.05, 3.63) is 30.1 Å². The molecule has 1 aromatic rings. The predicted octanol–water partition coefficient (Wildman–Crippen LogP) is 2.96. The Balaban J connectivity index is 1.86. The van der Waals surface area contributed by atoms with Crippen LogP contribution in [0.3, 0.4) is 0 Å². The molecule has 0 unspecified atom stereocenters. The maximum Gasteiger partial charge on any atom is 0.407 e. The number of hydrogen-bond acceptors (Lipinski definition) is 4. The van der Waals surface area contributed by atoms with Crippen molar-refractivity contribution in [1.29, 1.82) is 0 Å². The second kappa shape index (κ2) is 7.58. The van der Waals surface area contributed by atoms with E-state index in [1.165, 1.54) is 18.4 Å². The lowest BCUT2D eigenvalue weighted by Gasteiger charge is -2.35. The highest BCUT2D eigenvalue weighted by atomic mass is 16.6. The number of nitrogens with zero attached hydrogens (tertiary/aromatic N) is 2. The van der Waals surface area contributed by atoms with Gasteiger partial charge in [-0.3, -0.25) is 9.88 Å². The molecule has 1 aliphatic heterocycles. The molecule has 1 amide bonds. The predicted molar refractivity (Wildman–Crippen MR) is 86.5 cm³/mol. The second-order valence-electron chi connectivity index (χ2n) is 6.86. The van der Waals surface area contributed by atoms with Gasteiger partial charge in [-0.2, -0.15) is 0 Å². The monoisotopic (exact) mass is 305 g/mol. The summed E-state index contributed by atoms with van der Waals surface area (Å²) < 4.78 is 5.30. The molecular formula is C17H27N3O2. The fourth-order valence-corrected chi connectivity index (χ4v) is 2.74. The summed E-state index contributed by atoms with van der Waals surface area (Å²) >= 11 is 0. The van der Waals surface area contributed by atoms with Gasteiger partial charge in [-0.05, 0) is 51.8 Å². The van der Waals surface area contributed by atoms with Crippen LogP contribution >= 0.6 is 0 Å². The van der Waals surface area contributed by atoms with E-state index in [0.717, 1.165) is 19.5 Å². The number of rotatable bonds is 4. The summed E-state index contributed by atoms with van der Waals surface area (Å²) in [5, 5.41) is 2.91. The highest BCUT2D eigenvalue weighted by molar-refractivity contribution is 5.67. The highest BCUT2D eigenvalue weighted by Crippen LogP contribution is 2.19. The Bertz CT molecular complexity index is 471. The molecule has 5 heteroatoms. The van der Waals surface area contributed by atoms with Gasteiger partial charge in [-0.1, -0.05) is 12.5 Å². The lowest BCUT2D eigenvalue weighted by molar-refractivity contribution is 0.0492. The van der Waals surface area contributed by atoms with Gasteiger partial charge in [0, 0.05) is 31.5 Å². The van der Waals surface area contributed by atoms with E-state index < -0.39 is 5.60 Å². The number of piperidine rings is 1. The fraction of sp³-hybridized carbons (Fsp3) is 0.647. The minimum Gasteiger partial charge on any atom is -0.444 e. The number of hydrogen-bond donors (Lipinski definition) is 1. The van der Waals surface area contributed by atoms with E-state index in [2.05, 4.69) is 21.3 Å². The van der Waals surface area contributed by atoms with Crippen LogP contribution in [0.4, 0.5) is 4.79 Å². The van der Waals surface area contributed by atoms with Gasteiger partial charge in [0.05, 0.1) is 0 Å². The van der Waals surface area contributed by atoms with E-state index >= 15 is 0 Å². The number of pyridine rings is 1. The first-order chi connectivity index (χ1) is 10.4. The summed E-state index contributed by atoms with van der Waals surface area (Å²) in [6.45, 7) is 8.21. The Hall–Kier alpha value is -1.62. The van der Waals surface area contributed by atoms with Crippen molar-refractivity contribution in [3.63, 3.8) is 0 Å². The van der Waals surface area contributed by atoms with Crippen LogP contribution in [0.5, 0.6) is 0 Å². The smallest absolute Gasteiger partial charge is 0.407 e. The van der Waals surface area contributed by atoms with Crippen molar-refractivity contribution < 1.29 is 9.53 Å². The maximum absolute atomic E-state index is 11.8. The number of alkyl carbamates (subject to hydrolysis) is 1. The van der Waals surface area contributed by atoms with Crippen LogP contribution in [-0.2, 0) is 11.3 Å². The van der Waals surface area contributed by atoms with Crippen LogP contribution in [0.2, 0.25) is 0 Å². The first kappa shape index (κ1) is 16.7. The Morgan fingerprint density at radius 3 is 2.95 bits per heavy atom. The van der Waals surface area contributed by atoms with E-state index in [1.807, 2.05) is 33.0 Å². The molecule has 2 rings (SSSR count).